The lowest BCUT2D eigenvalue weighted by molar-refractivity contribution is -0.133. The van der Waals surface area contributed by atoms with E-state index >= 15 is 0 Å². The Labute approximate surface area is 132 Å². The van der Waals surface area contributed by atoms with Gasteiger partial charge in [0.1, 0.15) is 0 Å². The summed E-state index contributed by atoms with van der Waals surface area (Å²) in [5.74, 6) is 0.0750. The number of nitrogens with zero attached hydrogens (tertiary/aromatic N) is 2. The lowest BCUT2D eigenvalue weighted by Gasteiger charge is -2.42. The van der Waals surface area contributed by atoms with Crippen LogP contribution in [-0.4, -0.2) is 34.9 Å². The quantitative estimate of drug-likeness (QED) is 0.848. The molecule has 2 unspecified atom stereocenters. The Kier molecular flexibility index (Phi) is 3.08. The van der Waals surface area contributed by atoms with Crippen molar-refractivity contribution in [3.63, 3.8) is 0 Å². The molecule has 0 aromatic heterocycles. The van der Waals surface area contributed by atoms with Crippen LogP contribution in [0.5, 0.6) is 0 Å². The van der Waals surface area contributed by atoms with E-state index < -0.39 is 0 Å². The van der Waals surface area contributed by atoms with Crippen molar-refractivity contribution >= 4 is 21.8 Å². The molecule has 2 fully saturated rings. The van der Waals surface area contributed by atoms with Crippen molar-refractivity contribution < 1.29 is 4.79 Å². The van der Waals surface area contributed by atoms with E-state index in [0.717, 1.165) is 30.4 Å². The van der Waals surface area contributed by atoms with Gasteiger partial charge in [0.2, 0.25) is 5.91 Å². The topological polar surface area (TPSA) is 35.6 Å². The zero-order valence-corrected chi connectivity index (χ0v) is 13.6. The highest BCUT2D eigenvalue weighted by molar-refractivity contribution is 9.10. The molecule has 4 aliphatic rings. The lowest BCUT2D eigenvalue weighted by Crippen LogP contribution is -2.48. The minimum absolute atomic E-state index is 0.0706. The second kappa shape index (κ2) is 4.85. The molecule has 0 saturated carbocycles. The van der Waals surface area contributed by atoms with E-state index in [0.29, 0.717) is 6.04 Å². The summed E-state index contributed by atoms with van der Waals surface area (Å²) < 4.78 is 1.07. The van der Waals surface area contributed by atoms with Crippen LogP contribution in [-0.2, 0) is 4.79 Å². The fourth-order valence-electron chi connectivity index (χ4n) is 3.84. The van der Waals surface area contributed by atoms with E-state index in [1.165, 1.54) is 16.8 Å². The second-order valence-corrected chi connectivity index (χ2v) is 6.91. The van der Waals surface area contributed by atoms with Crippen LogP contribution in [0.3, 0.4) is 0 Å². The van der Waals surface area contributed by atoms with Crippen LogP contribution in [0.15, 0.2) is 40.0 Å². The Morgan fingerprint density at radius 3 is 2.48 bits per heavy atom. The zero-order valence-electron chi connectivity index (χ0n) is 12.0. The summed E-state index contributed by atoms with van der Waals surface area (Å²) >= 11 is 3.48. The van der Waals surface area contributed by atoms with Crippen molar-refractivity contribution in [2.75, 3.05) is 13.1 Å². The molecule has 5 rings (SSSR count). The van der Waals surface area contributed by atoms with E-state index in [9.17, 15) is 4.79 Å². The van der Waals surface area contributed by atoms with Gasteiger partial charge in [0, 0.05) is 24.5 Å². The van der Waals surface area contributed by atoms with Gasteiger partial charge < -0.3 is 0 Å². The fourth-order valence-corrected chi connectivity index (χ4v) is 4.11. The number of amides is 1. The predicted molar refractivity (Wildman–Crippen MR) is 84.2 cm³/mol. The highest BCUT2D eigenvalue weighted by Crippen LogP contribution is 2.43. The number of piperidine rings is 1. The molecule has 1 N–H and O–H groups in total. The summed E-state index contributed by atoms with van der Waals surface area (Å²) in [5.41, 5.74) is 7.37. The predicted octanol–water partition coefficient (Wildman–Crippen LogP) is 2.59. The minimum atomic E-state index is 0.0706. The average molecular weight is 348 g/mol. The third-order valence-electron chi connectivity index (χ3n) is 4.84. The standard InChI is InChI=1S/C16H18BrN3O/c1-10(21)20-15(12-2-4-13(17)5-3-12)16-14(18-20)11-6-8-19(16)9-7-11/h2-5,15-16,18H,6-9H2,1H3. The highest BCUT2D eigenvalue weighted by Gasteiger charge is 2.48. The molecule has 21 heavy (non-hydrogen) atoms. The first-order chi connectivity index (χ1) is 10.1. The summed E-state index contributed by atoms with van der Waals surface area (Å²) in [6, 6.07) is 8.70. The Hall–Kier alpha value is -1.33. The SMILES string of the molecule is CC(=O)N1NC2=C3CCN(CC3)C2C1c1ccc(Br)cc1. The van der Waals surface area contributed by atoms with Gasteiger partial charge in [-0.1, -0.05) is 28.1 Å². The van der Waals surface area contributed by atoms with Crippen molar-refractivity contribution in [3.05, 3.63) is 45.6 Å². The van der Waals surface area contributed by atoms with E-state index in [-0.39, 0.29) is 11.9 Å². The molecule has 0 radical (unpaired) electrons. The number of nitrogens with one attached hydrogen (secondary N) is 1. The van der Waals surface area contributed by atoms with Gasteiger partial charge in [0.15, 0.2) is 0 Å². The largest absolute Gasteiger partial charge is 0.298 e. The first-order valence-electron chi connectivity index (χ1n) is 7.43. The van der Waals surface area contributed by atoms with Crippen LogP contribution in [0.1, 0.15) is 31.4 Å². The van der Waals surface area contributed by atoms with E-state index in [1.807, 2.05) is 5.01 Å². The maximum absolute atomic E-state index is 12.1. The molecular weight excluding hydrogens is 330 g/mol. The van der Waals surface area contributed by atoms with Gasteiger partial charge in [0.25, 0.3) is 0 Å². The summed E-state index contributed by atoms with van der Waals surface area (Å²) in [6.07, 6.45) is 2.27. The smallest absolute Gasteiger partial charge is 0.238 e. The number of hydrazine groups is 1. The zero-order chi connectivity index (χ0) is 14.6. The number of carbonyl (C=O) groups is 1. The first-order valence-corrected chi connectivity index (χ1v) is 8.22. The molecule has 4 heterocycles. The summed E-state index contributed by atoms with van der Waals surface area (Å²) in [5, 5.41) is 1.81. The fraction of sp³-hybridized carbons (Fsp3) is 0.438. The molecule has 0 spiro atoms. The van der Waals surface area contributed by atoms with Crippen LogP contribution in [0.25, 0.3) is 0 Å². The van der Waals surface area contributed by atoms with Crippen molar-refractivity contribution in [3.8, 4) is 0 Å². The third-order valence-corrected chi connectivity index (χ3v) is 5.37. The van der Waals surface area contributed by atoms with Crippen molar-refractivity contribution in [2.24, 2.45) is 0 Å². The molecular formula is C16H18BrN3O. The van der Waals surface area contributed by atoms with Gasteiger partial charge >= 0.3 is 0 Å². The van der Waals surface area contributed by atoms with Crippen LogP contribution in [0.4, 0.5) is 0 Å². The van der Waals surface area contributed by atoms with Crippen LogP contribution < -0.4 is 5.43 Å². The van der Waals surface area contributed by atoms with Crippen molar-refractivity contribution in [2.45, 2.75) is 31.8 Å². The Morgan fingerprint density at radius 2 is 1.86 bits per heavy atom. The number of hydrogen-bond donors (Lipinski definition) is 1. The van der Waals surface area contributed by atoms with Crippen LogP contribution >= 0.6 is 15.9 Å². The van der Waals surface area contributed by atoms with Gasteiger partial charge in [0.05, 0.1) is 17.8 Å². The second-order valence-electron chi connectivity index (χ2n) is 6.00. The Morgan fingerprint density at radius 1 is 1.19 bits per heavy atom. The highest BCUT2D eigenvalue weighted by atomic mass is 79.9. The number of fused-ring (bicyclic) bond motifs is 2. The number of benzene rings is 1. The molecule has 0 aliphatic carbocycles. The maximum Gasteiger partial charge on any atom is 0.238 e. The minimum Gasteiger partial charge on any atom is -0.298 e. The monoisotopic (exact) mass is 347 g/mol. The molecule has 1 aromatic carbocycles. The Bertz CT molecular complexity index is 615. The van der Waals surface area contributed by atoms with Crippen molar-refractivity contribution in [1.29, 1.82) is 0 Å². The van der Waals surface area contributed by atoms with Gasteiger partial charge in [-0.3, -0.25) is 15.1 Å². The number of halogens is 1. The number of carbonyl (C=O) groups excluding carboxylic acids is 1. The van der Waals surface area contributed by atoms with Crippen LogP contribution in [0, 0.1) is 0 Å². The van der Waals surface area contributed by atoms with E-state index in [2.05, 4.69) is 50.5 Å². The Balaban J connectivity index is 1.80. The van der Waals surface area contributed by atoms with E-state index in [4.69, 9.17) is 0 Å². The molecule has 2 saturated heterocycles. The summed E-state index contributed by atoms with van der Waals surface area (Å²) in [6.45, 7) is 3.87. The number of rotatable bonds is 1. The molecule has 2 bridgehead atoms. The molecule has 110 valence electrons. The first kappa shape index (κ1) is 13.3. The maximum atomic E-state index is 12.1. The molecule has 4 aliphatic heterocycles. The molecule has 4 nitrogen and oxygen atoms in total. The third kappa shape index (κ3) is 2.02. The van der Waals surface area contributed by atoms with Gasteiger partial charge in [-0.15, -0.1) is 0 Å². The summed E-state index contributed by atoms with van der Waals surface area (Å²) in [7, 11) is 0. The number of hydrogen-bond acceptors (Lipinski definition) is 3. The van der Waals surface area contributed by atoms with Gasteiger partial charge in [-0.05, 0) is 36.1 Å². The van der Waals surface area contributed by atoms with Crippen LogP contribution in [0.2, 0.25) is 0 Å². The average Bonchev–Trinajstić information content (AvgIpc) is 2.92. The van der Waals surface area contributed by atoms with Gasteiger partial charge in [-0.25, -0.2) is 5.01 Å². The summed E-state index contributed by atoms with van der Waals surface area (Å²) in [4.78, 5) is 14.6. The lowest BCUT2D eigenvalue weighted by atomic mass is 9.86. The normalized spacial score (nSPS) is 30.4. The van der Waals surface area contributed by atoms with Crippen molar-refractivity contribution in [1.82, 2.24) is 15.3 Å². The molecule has 1 amide bonds. The van der Waals surface area contributed by atoms with E-state index in [1.54, 1.807) is 6.92 Å². The molecule has 2 atom stereocenters. The van der Waals surface area contributed by atoms with Gasteiger partial charge in [-0.2, -0.15) is 0 Å². The molecule has 1 aromatic rings. The molecule has 5 heteroatoms.